The lowest BCUT2D eigenvalue weighted by atomic mass is 9.92. The van der Waals surface area contributed by atoms with Gasteiger partial charge in [0.05, 0.1) is 18.2 Å². The van der Waals surface area contributed by atoms with Crippen LogP contribution in [0.2, 0.25) is 5.02 Å². The van der Waals surface area contributed by atoms with Crippen LogP contribution in [0.3, 0.4) is 0 Å². The molecule has 0 aromatic heterocycles. The summed E-state index contributed by atoms with van der Waals surface area (Å²) in [5, 5.41) is 0.400. The lowest BCUT2D eigenvalue weighted by Gasteiger charge is -2.38. The number of ether oxygens (including phenoxy) is 2. The molecule has 2 rings (SSSR count). The molecule has 1 aliphatic rings. The van der Waals surface area contributed by atoms with E-state index >= 15 is 0 Å². The lowest BCUT2D eigenvalue weighted by Crippen LogP contribution is -2.49. The van der Waals surface area contributed by atoms with Gasteiger partial charge in [0, 0.05) is 24.7 Å². The highest BCUT2D eigenvalue weighted by atomic mass is 35.5. The minimum Gasteiger partial charge on any atom is -0.490 e. The minimum absolute atomic E-state index is 0.0488. The topological polar surface area (TPSA) is 64.8 Å². The molecule has 0 spiro atoms. The van der Waals surface area contributed by atoms with Gasteiger partial charge in [0.15, 0.2) is 11.5 Å². The van der Waals surface area contributed by atoms with E-state index in [0.717, 1.165) is 25.8 Å². The highest BCUT2D eigenvalue weighted by molar-refractivity contribution is 6.32. The lowest BCUT2D eigenvalue weighted by molar-refractivity contribution is 0.0573. The average Bonchev–Trinajstić information content (AvgIpc) is 2.60. The molecule has 2 N–H and O–H groups in total. The molecule has 6 heteroatoms. The Morgan fingerprint density at radius 3 is 2.76 bits per heavy atom. The SMILES string of the molecule is CCCOc1c(Cl)cc(C(=O)N2CCC(C)CC2CN)cc1OCC. The molecule has 0 radical (unpaired) electrons. The second-order valence-electron chi connectivity index (χ2n) is 6.58. The van der Waals surface area contributed by atoms with E-state index in [9.17, 15) is 4.79 Å². The van der Waals surface area contributed by atoms with Crippen LogP contribution in [0.25, 0.3) is 0 Å². The van der Waals surface area contributed by atoms with E-state index in [1.807, 2.05) is 18.7 Å². The van der Waals surface area contributed by atoms with Gasteiger partial charge in [0.25, 0.3) is 5.91 Å². The number of piperidine rings is 1. The Bertz CT molecular complexity index is 594. The van der Waals surface area contributed by atoms with E-state index in [-0.39, 0.29) is 11.9 Å². The van der Waals surface area contributed by atoms with Gasteiger partial charge in [-0.15, -0.1) is 0 Å². The van der Waals surface area contributed by atoms with E-state index in [4.69, 9.17) is 26.8 Å². The zero-order valence-corrected chi connectivity index (χ0v) is 16.1. The van der Waals surface area contributed by atoms with Gasteiger partial charge in [-0.25, -0.2) is 0 Å². The number of nitrogens with two attached hydrogens (primary N) is 1. The number of hydrogen-bond acceptors (Lipinski definition) is 4. The van der Waals surface area contributed by atoms with Crippen LogP contribution in [0.15, 0.2) is 12.1 Å². The second-order valence-corrected chi connectivity index (χ2v) is 6.99. The molecule has 1 aromatic carbocycles. The quantitative estimate of drug-likeness (QED) is 0.796. The smallest absolute Gasteiger partial charge is 0.254 e. The zero-order chi connectivity index (χ0) is 18.4. The van der Waals surface area contributed by atoms with Gasteiger partial charge in [-0.1, -0.05) is 25.4 Å². The molecule has 0 saturated carbocycles. The predicted octanol–water partition coefficient (Wildman–Crippen LogP) is 3.73. The van der Waals surface area contributed by atoms with Gasteiger partial charge in [-0.05, 0) is 44.2 Å². The largest absolute Gasteiger partial charge is 0.490 e. The third-order valence-corrected chi connectivity index (χ3v) is 4.80. The number of nitrogens with zero attached hydrogens (tertiary/aromatic N) is 1. The van der Waals surface area contributed by atoms with Crippen LogP contribution in [0.4, 0.5) is 0 Å². The number of carbonyl (C=O) groups is 1. The van der Waals surface area contributed by atoms with Crippen molar-refractivity contribution < 1.29 is 14.3 Å². The predicted molar refractivity (Wildman–Crippen MR) is 101 cm³/mol. The summed E-state index contributed by atoms with van der Waals surface area (Å²) in [4.78, 5) is 14.9. The van der Waals surface area contributed by atoms with E-state index in [2.05, 4.69) is 6.92 Å². The maximum absolute atomic E-state index is 13.0. The highest BCUT2D eigenvalue weighted by Crippen LogP contribution is 2.37. The first-order valence-corrected chi connectivity index (χ1v) is 9.49. The number of carbonyl (C=O) groups excluding carboxylic acids is 1. The van der Waals surface area contributed by atoms with Crippen molar-refractivity contribution in [2.45, 2.75) is 46.1 Å². The van der Waals surface area contributed by atoms with Crippen LogP contribution in [0.5, 0.6) is 11.5 Å². The van der Waals surface area contributed by atoms with Gasteiger partial charge in [-0.3, -0.25) is 4.79 Å². The van der Waals surface area contributed by atoms with Crippen LogP contribution in [-0.4, -0.2) is 43.2 Å². The first kappa shape index (κ1) is 19.9. The van der Waals surface area contributed by atoms with Crippen molar-refractivity contribution in [2.75, 3.05) is 26.3 Å². The number of halogens is 1. The van der Waals surface area contributed by atoms with Crippen LogP contribution < -0.4 is 15.2 Å². The monoisotopic (exact) mass is 368 g/mol. The van der Waals surface area contributed by atoms with Gasteiger partial charge >= 0.3 is 0 Å². The number of benzene rings is 1. The van der Waals surface area contributed by atoms with Crippen LogP contribution in [-0.2, 0) is 0 Å². The molecule has 2 unspecified atom stereocenters. The highest BCUT2D eigenvalue weighted by Gasteiger charge is 2.30. The molecule has 1 heterocycles. The molecule has 0 aliphatic carbocycles. The number of rotatable bonds is 7. The van der Waals surface area contributed by atoms with E-state index in [1.165, 1.54) is 0 Å². The Morgan fingerprint density at radius 2 is 2.12 bits per heavy atom. The molecule has 5 nitrogen and oxygen atoms in total. The van der Waals surface area contributed by atoms with E-state index < -0.39 is 0 Å². The molecule has 1 aliphatic heterocycles. The minimum atomic E-state index is -0.0488. The fourth-order valence-corrected chi connectivity index (χ4v) is 3.47. The Kier molecular flexibility index (Phi) is 7.38. The maximum Gasteiger partial charge on any atom is 0.254 e. The normalized spacial score (nSPS) is 20.4. The third kappa shape index (κ3) is 4.79. The summed E-state index contributed by atoms with van der Waals surface area (Å²) in [6.45, 7) is 8.33. The fraction of sp³-hybridized carbons (Fsp3) is 0.632. The number of likely N-dealkylation sites (tertiary alicyclic amines) is 1. The van der Waals surface area contributed by atoms with Crippen LogP contribution >= 0.6 is 11.6 Å². The number of hydrogen-bond donors (Lipinski definition) is 1. The molecule has 1 fully saturated rings. The summed E-state index contributed by atoms with van der Waals surface area (Å²) in [5.41, 5.74) is 6.41. The van der Waals surface area contributed by atoms with Gasteiger partial charge in [-0.2, -0.15) is 0 Å². The Balaban J connectivity index is 2.29. The summed E-state index contributed by atoms with van der Waals surface area (Å²) in [6, 6.07) is 3.47. The Morgan fingerprint density at radius 1 is 1.36 bits per heavy atom. The molecule has 1 amide bonds. The Hall–Kier alpha value is -1.46. The van der Waals surface area contributed by atoms with Gasteiger partial charge in [0.2, 0.25) is 0 Å². The molecule has 25 heavy (non-hydrogen) atoms. The first-order chi connectivity index (χ1) is 12.0. The van der Waals surface area contributed by atoms with Crippen molar-refractivity contribution in [3.05, 3.63) is 22.7 Å². The van der Waals surface area contributed by atoms with Gasteiger partial charge in [0.1, 0.15) is 0 Å². The van der Waals surface area contributed by atoms with E-state index in [1.54, 1.807) is 12.1 Å². The van der Waals surface area contributed by atoms with Crippen molar-refractivity contribution in [2.24, 2.45) is 11.7 Å². The summed E-state index contributed by atoms with van der Waals surface area (Å²) >= 11 is 6.38. The van der Waals surface area contributed by atoms with Gasteiger partial charge < -0.3 is 20.1 Å². The van der Waals surface area contributed by atoms with Crippen molar-refractivity contribution in [1.82, 2.24) is 4.90 Å². The summed E-state index contributed by atoms with van der Waals surface area (Å²) in [7, 11) is 0. The molecule has 0 bridgehead atoms. The van der Waals surface area contributed by atoms with Crippen molar-refractivity contribution in [3.63, 3.8) is 0 Å². The van der Waals surface area contributed by atoms with Crippen molar-refractivity contribution in [3.8, 4) is 11.5 Å². The first-order valence-electron chi connectivity index (χ1n) is 9.11. The summed E-state index contributed by atoms with van der Waals surface area (Å²) < 4.78 is 11.4. The summed E-state index contributed by atoms with van der Waals surface area (Å²) in [6.07, 6.45) is 2.80. The summed E-state index contributed by atoms with van der Waals surface area (Å²) in [5.74, 6) is 1.56. The van der Waals surface area contributed by atoms with Crippen LogP contribution in [0, 0.1) is 5.92 Å². The molecular formula is C19H29ClN2O3. The molecule has 140 valence electrons. The number of amides is 1. The fourth-order valence-electron chi connectivity index (χ4n) is 3.21. The molecular weight excluding hydrogens is 340 g/mol. The van der Waals surface area contributed by atoms with Crippen molar-refractivity contribution in [1.29, 1.82) is 0 Å². The molecule has 1 saturated heterocycles. The second kappa shape index (κ2) is 9.30. The molecule has 2 atom stereocenters. The van der Waals surface area contributed by atoms with Crippen molar-refractivity contribution >= 4 is 17.5 Å². The average molecular weight is 369 g/mol. The standard InChI is InChI=1S/C19H29ClN2O3/c1-4-8-25-18-16(20)10-14(11-17(18)24-5-2)19(23)22-7-6-13(3)9-15(22)12-21/h10-11,13,15H,4-9,12,21H2,1-3H3. The third-order valence-electron chi connectivity index (χ3n) is 4.52. The molecule has 1 aromatic rings. The van der Waals surface area contributed by atoms with E-state index in [0.29, 0.717) is 47.8 Å². The zero-order valence-electron chi connectivity index (χ0n) is 15.4. The maximum atomic E-state index is 13.0. The Labute approximate surface area is 155 Å². The van der Waals surface area contributed by atoms with Crippen LogP contribution in [0.1, 0.15) is 50.4 Å².